The second-order valence-electron chi connectivity index (χ2n) is 5.52. The van der Waals surface area contributed by atoms with Gasteiger partial charge >= 0.3 is 0 Å². The Morgan fingerprint density at radius 2 is 1.82 bits per heavy atom. The van der Waals surface area contributed by atoms with Gasteiger partial charge < -0.3 is 4.74 Å². The molecule has 0 heterocycles. The number of alkyl halides is 1. The van der Waals surface area contributed by atoms with E-state index in [0.29, 0.717) is 5.56 Å². The average Bonchev–Trinajstić information content (AvgIpc) is 2.82. The lowest BCUT2D eigenvalue weighted by molar-refractivity contribution is -0.00318. The van der Waals surface area contributed by atoms with Crippen molar-refractivity contribution in [1.82, 2.24) is 5.32 Å². The highest BCUT2D eigenvalue weighted by atomic mass is 19.1. The van der Waals surface area contributed by atoms with Gasteiger partial charge in [-0.15, -0.1) is 0 Å². The van der Waals surface area contributed by atoms with Gasteiger partial charge in [0.1, 0.15) is 5.82 Å². The Labute approximate surface area is 126 Å². The predicted octanol–water partition coefficient (Wildman–Crippen LogP) is 3.40. The lowest BCUT2D eigenvalue weighted by Gasteiger charge is -2.30. The first-order valence-corrected chi connectivity index (χ1v) is 7.06. The van der Waals surface area contributed by atoms with E-state index in [2.05, 4.69) is 5.32 Å². The molecule has 1 aliphatic rings. The van der Waals surface area contributed by atoms with Crippen LogP contribution in [0.25, 0.3) is 0 Å². The molecule has 22 heavy (non-hydrogen) atoms. The molecule has 2 unspecified atom stereocenters. The maximum atomic E-state index is 15.3. The van der Waals surface area contributed by atoms with Crippen molar-refractivity contribution in [3.05, 3.63) is 65.2 Å². The zero-order valence-corrected chi connectivity index (χ0v) is 12.1. The van der Waals surface area contributed by atoms with Crippen LogP contribution in [0.15, 0.2) is 42.5 Å². The summed E-state index contributed by atoms with van der Waals surface area (Å²) < 4.78 is 47.7. The largest absolute Gasteiger partial charge is 0.469 e. The van der Waals surface area contributed by atoms with E-state index in [1.54, 1.807) is 19.2 Å². The Hall–Kier alpha value is -2.01. The van der Waals surface area contributed by atoms with Gasteiger partial charge in [-0.2, -0.15) is 0 Å². The first-order valence-electron chi connectivity index (χ1n) is 7.06. The van der Waals surface area contributed by atoms with Crippen molar-refractivity contribution in [2.24, 2.45) is 0 Å². The van der Waals surface area contributed by atoms with E-state index in [0.717, 1.165) is 5.56 Å². The molecule has 0 amide bonds. The molecular formula is C17H16F3NO. The van der Waals surface area contributed by atoms with Crippen LogP contribution in [0.1, 0.15) is 11.1 Å². The highest BCUT2D eigenvalue weighted by Gasteiger charge is 2.46. The third-order valence-electron chi connectivity index (χ3n) is 3.95. The number of para-hydroxylation sites is 1. The summed E-state index contributed by atoms with van der Waals surface area (Å²) in [5.74, 6) is -0.951. The van der Waals surface area contributed by atoms with Crippen molar-refractivity contribution < 1.29 is 17.9 Å². The third kappa shape index (κ3) is 2.68. The van der Waals surface area contributed by atoms with Crippen molar-refractivity contribution in [3.8, 4) is 5.75 Å². The highest BCUT2D eigenvalue weighted by Crippen LogP contribution is 2.37. The minimum absolute atomic E-state index is 0.0130. The smallest absolute Gasteiger partial charge is 0.185 e. The van der Waals surface area contributed by atoms with Gasteiger partial charge in [0.25, 0.3) is 0 Å². The second-order valence-corrected chi connectivity index (χ2v) is 5.52. The van der Waals surface area contributed by atoms with Crippen LogP contribution >= 0.6 is 0 Å². The monoisotopic (exact) mass is 307 g/mol. The van der Waals surface area contributed by atoms with Crippen LogP contribution in [0.2, 0.25) is 0 Å². The molecule has 0 saturated carbocycles. The minimum atomic E-state index is -1.76. The molecule has 3 rings (SSSR count). The number of hydrogen-bond donors (Lipinski definition) is 1. The second kappa shape index (κ2) is 5.65. The fourth-order valence-electron chi connectivity index (χ4n) is 2.90. The Kier molecular flexibility index (Phi) is 3.83. The Bertz CT molecular complexity index is 691. The van der Waals surface area contributed by atoms with Crippen LogP contribution in [0, 0.1) is 11.6 Å². The van der Waals surface area contributed by atoms with Gasteiger partial charge in [-0.25, -0.2) is 13.2 Å². The lowest BCUT2D eigenvalue weighted by atomic mass is 10.0. The summed E-state index contributed by atoms with van der Waals surface area (Å²) in [5.41, 5.74) is -0.381. The molecule has 0 aromatic heterocycles. The molecular weight excluding hydrogens is 291 g/mol. The number of halogens is 3. The SMILES string of the molecule is CNC(Oc1ccccc1F)C1(F)Cc2ccc(F)cc2C1. The Balaban J connectivity index is 1.84. The van der Waals surface area contributed by atoms with Gasteiger partial charge in [-0.1, -0.05) is 18.2 Å². The molecule has 0 spiro atoms. The zero-order chi connectivity index (χ0) is 15.7. The summed E-state index contributed by atoms with van der Waals surface area (Å²) in [4.78, 5) is 0. The van der Waals surface area contributed by atoms with E-state index in [4.69, 9.17) is 4.74 Å². The number of benzene rings is 2. The molecule has 0 saturated heterocycles. The maximum Gasteiger partial charge on any atom is 0.185 e. The molecule has 0 fully saturated rings. The van der Waals surface area contributed by atoms with Crippen LogP contribution in [0.4, 0.5) is 13.2 Å². The highest BCUT2D eigenvalue weighted by molar-refractivity contribution is 5.37. The first kappa shape index (κ1) is 14.9. The predicted molar refractivity (Wildman–Crippen MR) is 77.5 cm³/mol. The molecule has 0 bridgehead atoms. The van der Waals surface area contributed by atoms with Gasteiger partial charge in [0.2, 0.25) is 0 Å². The van der Waals surface area contributed by atoms with Crippen molar-refractivity contribution in [2.75, 3.05) is 7.05 Å². The quantitative estimate of drug-likeness (QED) is 0.874. The van der Waals surface area contributed by atoms with Crippen molar-refractivity contribution in [3.63, 3.8) is 0 Å². The molecule has 2 aromatic rings. The number of nitrogens with one attached hydrogen (secondary N) is 1. The normalized spacial score (nSPS) is 21.5. The summed E-state index contributed by atoms with van der Waals surface area (Å²) in [6.45, 7) is 0. The lowest BCUT2D eigenvalue weighted by Crippen LogP contribution is -2.51. The van der Waals surface area contributed by atoms with Crippen molar-refractivity contribution >= 4 is 0 Å². The van der Waals surface area contributed by atoms with Crippen LogP contribution in [-0.4, -0.2) is 18.9 Å². The molecule has 2 atom stereocenters. The van der Waals surface area contributed by atoms with E-state index in [1.165, 1.54) is 30.3 Å². The number of rotatable bonds is 4. The van der Waals surface area contributed by atoms with Crippen molar-refractivity contribution in [1.29, 1.82) is 0 Å². The summed E-state index contributed by atoms with van der Waals surface area (Å²) in [6.07, 6.45) is -0.900. The number of fused-ring (bicyclic) bond motifs is 1. The van der Waals surface area contributed by atoms with Gasteiger partial charge in [-0.05, 0) is 42.4 Å². The fourth-order valence-corrected chi connectivity index (χ4v) is 2.90. The van der Waals surface area contributed by atoms with Gasteiger partial charge in [0, 0.05) is 12.8 Å². The van der Waals surface area contributed by atoms with E-state index in [9.17, 15) is 8.78 Å². The zero-order valence-electron chi connectivity index (χ0n) is 12.1. The Morgan fingerprint density at radius 3 is 2.55 bits per heavy atom. The summed E-state index contributed by atoms with van der Waals surface area (Å²) in [6, 6.07) is 10.1. The molecule has 1 aliphatic carbocycles. The molecule has 116 valence electrons. The number of ether oxygens (including phenoxy) is 1. The van der Waals surface area contributed by atoms with Gasteiger partial charge in [-0.3, -0.25) is 5.32 Å². The average molecular weight is 307 g/mol. The van der Waals surface area contributed by atoms with Gasteiger partial charge in [0.05, 0.1) is 0 Å². The van der Waals surface area contributed by atoms with Crippen LogP contribution in [0.3, 0.4) is 0 Å². The van der Waals surface area contributed by atoms with Crippen LogP contribution < -0.4 is 10.1 Å². The fraction of sp³-hybridized carbons (Fsp3) is 0.294. The first-order chi connectivity index (χ1) is 10.5. The van der Waals surface area contributed by atoms with E-state index in [1.807, 2.05) is 0 Å². The third-order valence-corrected chi connectivity index (χ3v) is 3.95. The summed E-state index contributed by atoms with van der Waals surface area (Å²) in [5, 5.41) is 2.75. The van der Waals surface area contributed by atoms with E-state index in [-0.39, 0.29) is 24.4 Å². The van der Waals surface area contributed by atoms with E-state index < -0.39 is 17.7 Å². The molecule has 0 radical (unpaired) electrons. The Morgan fingerprint density at radius 1 is 1.09 bits per heavy atom. The number of hydrogen-bond acceptors (Lipinski definition) is 2. The minimum Gasteiger partial charge on any atom is -0.469 e. The molecule has 2 nitrogen and oxygen atoms in total. The van der Waals surface area contributed by atoms with Crippen molar-refractivity contribution in [2.45, 2.75) is 24.7 Å². The standard InChI is InChI=1S/C17H16F3NO/c1-21-16(22-15-5-3-2-4-14(15)19)17(20)9-11-6-7-13(18)8-12(11)10-17/h2-8,16,21H,9-10H2,1H3. The van der Waals surface area contributed by atoms with Gasteiger partial charge in [0.15, 0.2) is 23.5 Å². The van der Waals surface area contributed by atoms with E-state index >= 15 is 4.39 Å². The summed E-state index contributed by atoms with van der Waals surface area (Å²) >= 11 is 0. The van der Waals surface area contributed by atoms with Crippen LogP contribution in [0.5, 0.6) is 5.75 Å². The molecule has 0 aliphatic heterocycles. The molecule has 5 heteroatoms. The maximum absolute atomic E-state index is 15.3. The molecule has 2 aromatic carbocycles. The topological polar surface area (TPSA) is 21.3 Å². The van der Waals surface area contributed by atoms with Crippen LogP contribution in [-0.2, 0) is 12.8 Å². The summed E-state index contributed by atoms with van der Waals surface area (Å²) in [7, 11) is 1.55. The molecule has 1 N–H and O–H groups in total.